The van der Waals surface area contributed by atoms with Crippen molar-refractivity contribution in [3.63, 3.8) is 0 Å². The molecule has 0 saturated carbocycles. The standard InChI is InChI=1S/C18H26N2/c1-3-5-13-8-11-20-17-14(13)6-4-7-15(17)16-12-19-10-9-18(16,20)2/h4,6-7,13,16,19H,3,5,8-12H2,1-2H3/t13?,16-,18-/m0/s1. The second-order valence-corrected chi connectivity index (χ2v) is 7.07. The molecule has 4 rings (SSSR count). The molecule has 1 N–H and O–H groups in total. The fraction of sp³-hybridized carbons (Fsp3) is 0.667. The third-order valence-electron chi connectivity index (χ3n) is 6.05. The Morgan fingerprint density at radius 1 is 1.35 bits per heavy atom. The first kappa shape index (κ1) is 12.7. The predicted octanol–water partition coefficient (Wildman–Crippen LogP) is 3.63. The van der Waals surface area contributed by atoms with Gasteiger partial charge in [-0.2, -0.15) is 0 Å². The molecule has 3 aliphatic heterocycles. The summed E-state index contributed by atoms with van der Waals surface area (Å²) in [6, 6.07) is 7.10. The number of rotatable bonds is 2. The van der Waals surface area contributed by atoms with Crippen molar-refractivity contribution in [2.24, 2.45) is 0 Å². The fourth-order valence-corrected chi connectivity index (χ4v) is 4.96. The van der Waals surface area contributed by atoms with Crippen LogP contribution in [-0.2, 0) is 0 Å². The maximum Gasteiger partial charge on any atom is 0.0467 e. The van der Waals surface area contributed by atoms with E-state index in [2.05, 4.69) is 42.3 Å². The molecule has 2 nitrogen and oxygen atoms in total. The highest BCUT2D eigenvalue weighted by Crippen LogP contribution is 2.55. The summed E-state index contributed by atoms with van der Waals surface area (Å²) in [5, 5.41) is 3.62. The van der Waals surface area contributed by atoms with Gasteiger partial charge in [0.15, 0.2) is 0 Å². The van der Waals surface area contributed by atoms with E-state index in [1.807, 2.05) is 0 Å². The van der Waals surface area contributed by atoms with Gasteiger partial charge in [0.2, 0.25) is 0 Å². The molecular formula is C18H26N2. The van der Waals surface area contributed by atoms with Gasteiger partial charge < -0.3 is 10.2 Å². The molecule has 1 aromatic carbocycles. The van der Waals surface area contributed by atoms with E-state index >= 15 is 0 Å². The molecule has 3 aliphatic rings. The Morgan fingerprint density at radius 3 is 3.05 bits per heavy atom. The van der Waals surface area contributed by atoms with Crippen LogP contribution in [-0.4, -0.2) is 25.2 Å². The number of para-hydroxylation sites is 1. The van der Waals surface area contributed by atoms with E-state index in [-0.39, 0.29) is 0 Å². The van der Waals surface area contributed by atoms with Gasteiger partial charge in [-0.05, 0) is 49.8 Å². The third-order valence-corrected chi connectivity index (χ3v) is 6.05. The zero-order valence-corrected chi connectivity index (χ0v) is 12.8. The minimum Gasteiger partial charge on any atom is -0.365 e. The second-order valence-electron chi connectivity index (χ2n) is 7.07. The summed E-state index contributed by atoms with van der Waals surface area (Å²) in [6.07, 6.45) is 5.28. The molecule has 3 atom stereocenters. The van der Waals surface area contributed by atoms with E-state index in [9.17, 15) is 0 Å². The van der Waals surface area contributed by atoms with Crippen molar-refractivity contribution in [1.29, 1.82) is 0 Å². The van der Waals surface area contributed by atoms with Crippen molar-refractivity contribution in [3.8, 4) is 0 Å². The van der Waals surface area contributed by atoms with Crippen molar-refractivity contribution in [1.82, 2.24) is 5.32 Å². The normalized spacial score (nSPS) is 34.8. The molecule has 0 radical (unpaired) electrons. The largest absolute Gasteiger partial charge is 0.365 e. The lowest BCUT2D eigenvalue weighted by Crippen LogP contribution is -2.55. The van der Waals surface area contributed by atoms with Crippen LogP contribution in [0.1, 0.15) is 62.5 Å². The van der Waals surface area contributed by atoms with Crippen LogP contribution in [0.5, 0.6) is 0 Å². The van der Waals surface area contributed by atoms with Crippen molar-refractivity contribution in [2.75, 3.05) is 24.5 Å². The van der Waals surface area contributed by atoms with Crippen LogP contribution < -0.4 is 10.2 Å². The molecule has 1 saturated heterocycles. The van der Waals surface area contributed by atoms with E-state index in [4.69, 9.17) is 0 Å². The zero-order chi connectivity index (χ0) is 13.7. The van der Waals surface area contributed by atoms with E-state index < -0.39 is 0 Å². The average Bonchev–Trinajstić information content (AvgIpc) is 2.73. The summed E-state index contributed by atoms with van der Waals surface area (Å²) < 4.78 is 0. The molecule has 1 fully saturated rings. The van der Waals surface area contributed by atoms with Gasteiger partial charge in [0.1, 0.15) is 0 Å². The molecule has 0 aliphatic carbocycles. The first-order valence-electron chi connectivity index (χ1n) is 8.37. The molecule has 1 aromatic rings. The van der Waals surface area contributed by atoms with Gasteiger partial charge in [-0.25, -0.2) is 0 Å². The van der Waals surface area contributed by atoms with Gasteiger partial charge in [0.05, 0.1) is 0 Å². The molecule has 108 valence electrons. The fourth-order valence-electron chi connectivity index (χ4n) is 4.96. The molecule has 0 aromatic heterocycles. The average molecular weight is 270 g/mol. The van der Waals surface area contributed by atoms with Gasteiger partial charge in [0.25, 0.3) is 0 Å². The van der Waals surface area contributed by atoms with Crippen molar-refractivity contribution in [3.05, 3.63) is 29.3 Å². The topological polar surface area (TPSA) is 15.3 Å². The predicted molar refractivity (Wildman–Crippen MR) is 84.7 cm³/mol. The highest BCUT2D eigenvalue weighted by molar-refractivity contribution is 5.71. The Morgan fingerprint density at radius 2 is 2.20 bits per heavy atom. The Kier molecular flexibility index (Phi) is 2.85. The molecule has 0 spiro atoms. The van der Waals surface area contributed by atoms with Crippen molar-refractivity contribution >= 4 is 5.69 Å². The highest BCUT2D eigenvalue weighted by atomic mass is 15.3. The summed E-state index contributed by atoms with van der Waals surface area (Å²) in [4.78, 5) is 2.77. The SMILES string of the molecule is CCCC1CCN2c3c1cccc3[C@@H]1CNCC[C@@]12C. The number of hydrogen-bond acceptors (Lipinski definition) is 2. The van der Waals surface area contributed by atoms with Crippen molar-refractivity contribution in [2.45, 2.75) is 56.9 Å². The van der Waals surface area contributed by atoms with Crippen LogP contribution in [0.15, 0.2) is 18.2 Å². The lowest BCUT2D eigenvalue weighted by Gasteiger charge is -2.46. The third kappa shape index (κ3) is 1.54. The smallest absolute Gasteiger partial charge is 0.0467 e. The summed E-state index contributed by atoms with van der Waals surface area (Å²) in [5.41, 5.74) is 5.25. The molecule has 0 amide bonds. The number of benzene rings is 1. The number of fused-ring (bicyclic) bond motifs is 3. The van der Waals surface area contributed by atoms with Crippen LogP contribution in [0.3, 0.4) is 0 Å². The first-order chi connectivity index (χ1) is 9.75. The van der Waals surface area contributed by atoms with E-state index in [0.29, 0.717) is 11.5 Å². The Balaban J connectivity index is 1.84. The van der Waals surface area contributed by atoms with Gasteiger partial charge in [-0.1, -0.05) is 31.5 Å². The zero-order valence-electron chi connectivity index (χ0n) is 12.8. The first-order valence-corrected chi connectivity index (χ1v) is 8.37. The summed E-state index contributed by atoms with van der Waals surface area (Å²) in [5.74, 6) is 1.48. The van der Waals surface area contributed by atoms with Crippen LogP contribution in [0.4, 0.5) is 5.69 Å². The maximum atomic E-state index is 3.62. The maximum absolute atomic E-state index is 3.62. The molecule has 3 heterocycles. The number of hydrogen-bond donors (Lipinski definition) is 1. The molecule has 0 bridgehead atoms. The molecule has 1 unspecified atom stereocenters. The quantitative estimate of drug-likeness (QED) is 0.883. The highest BCUT2D eigenvalue weighted by Gasteiger charge is 2.51. The second kappa shape index (κ2) is 4.49. The Hall–Kier alpha value is -1.02. The summed E-state index contributed by atoms with van der Waals surface area (Å²) in [7, 11) is 0. The lowest BCUT2D eigenvalue weighted by atomic mass is 9.79. The lowest BCUT2D eigenvalue weighted by molar-refractivity contribution is 0.283. The summed E-state index contributed by atoms with van der Waals surface area (Å²) >= 11 is 0. The van der Waals surface area contributed by atoms with E-state index in [0.717, 1.165) is 12.5 Å². The van der Waals surface area contributed by atoms with Crippen LogP contribution in [0.2, 0.25) is 0 Å². The number of anilines is 1. The van der Waals surface area contributed by atoms with Crippen LogP contribution >= 0.6 is 0 Å². The number of nitrogens with zero attached hydrogens (tertiary/aromatic N) is 1. The van der Waals surface area contributed by atoms with E-state index in [1.54, 1.807) is 16.8 Å². The van der Waals surface area contributed by atoms with E-state index in [1.165, 1.54) is 38.8 Å². The monoisotopic (exact) mass is 270 g/mol. The minimum atomic E-state index is 0.362. The van der Waals surface area contributed by atoms with Gasteiger partial charge >= 0.3 is 0 Å². The Labute approximate surface area is 122 Å². The number of nitrogens with one attached hydrogen (secondary N) is 1. The molecule has 2 heteroatoms. The van der Waals surface area contributed by atoms with Crippen LogP contribution in [0, 0.1) is 0 Å². The summed E-state index contributed by atoms with van der Waals surface area (Å²) in [6.45, 7) is 8.41. The van der Waals surface area contributed by atoms with Gasteiger partial charge in [-0.3, -0.25) is 0 Å². The van der Waals surface area contributed by atoms with Gasteiger partial charge in [0, 0.05) is 30.2 Å². The van der Waals surface area contributed by atoms with Crippen LogP contribution in [0.25, 0.3) is 0 Å². The van der Waals surface area contributed by atoms with Gasteiger partial charge in [-0.15, -0.1) is 0 Å². The Bertz CT molecular complexity index is 524. The minimum absolute atomic E-state index is 0.362. The molecular weight excluding hydrogens is 244 g/mol. The van der Waals surface area contributed by atoms with Crippen molar-refractivity contribution < 1.29 is 0 Å². The number of piperidine rings is 1. The molecule has 20 heavy (non-hydrogen) atoms.